The second-order valence-corrected chi connectivity index (χ2v) is 5.44. The first-order valence-electron chi connectivity index (χ1n) is 6.40. The fourth-order valence-corrected chi connectivity index (χ4v) is 2.84. The number of carbonyl (C=O) groups is 1. The van der Waals surface area contributed by atoms with E-state index in [1.165, 1.54) is 35.4 Å². The van der Waals surface area contributed by atoms with Crippen molar-refractivity contribution >= 4 is 23.5 Å². The summed E-state index contributed by atoms with van der Waals surface area (Å²) in [4.78, 5) is 14.0. The lowest BCUT2D eigenvalue weighted by Crippen LogP contribution is -2.33. The third kappa shape index (κ3) is 2.89. The van der Waals surface area contributed by atoms with E-state index in [9.17, 15) is 4.79 Å². The smallest absolute Gasteiger partial charge is 0.345 e. The molecule has 0 bridgehead atoms. The number of thioether (sulfide) groups is 1. The van der Waals surface area contributed by atoms with E-state index in [2.05, 4.69) is 15.3 Å². The lowest BCUT2D eigenvalue weighted by molar-refractivity contribution is -0.128. The van der Waals surface area contributed by atoms with Gasteiger partial charge in [0.25, 0.3) is 5.22 Å². The zero-order chi connectivity index (χ0) is 13.1. The molecule has 0 radical (unpaired) electrons. The molecule has 2 aromatic rings. The molecule has 0 aromatic carbocycles. The number of nitrogens with zero attached hydrogens (tertiary/aromatic N) is 5. The topological polar surface area (TPSA) is 76.5 Å². The summed E-state index contributed by atoms with van der Waals surface area (Å²) in [5.41, 5.74) is 0. The highest BCUT2D eigenvalue weighted by Crippen LogP contribution is 2.18. The molecule has 102 valence electrons. The van der Waals surface area contributed by atoms with Crippen molar-refractivity contribution in [3.63, 3.8) is 0 Å². The van der Waals surface area contributed by atoms with Crippen LogP contribution in [-0.2, 0) is 4.79 Å². The van der Waals surface area contributed by atoms with Crippen molar-refractivity contribution in [1.29, 1.82) is 0 Å². The Morgan fingerprint density at radius 3 is 2.84 bits per heavy atom. The summed E-state index contributed by atoms with van der Waals surface area (Å²) in [6, 6.07) is 0. The van der Waals surface area contributed by atoms with Crippen LogP contribution in [0.4, 0.5) is 0 Å². The highest BCUT2D eigenvalue weighted by atomic mass is 32.2. The van der Waals surface area contributed by atoms with E-state index in [0.717, 1.165) is 25.9 Å². The van der Waals surface area contributed by atoms with Crippen LogP contribution in [0.5, 0.6) is 0 Å². The molecule has 0 atom stereocenters. The summed E-state index contributed by atoms with van der Waals surface area (Å²) >= 11 is 1.30. The van der Waals surface area contributed by atoms with Crippen LogP contribution in [0.15, 0.2) is 16.0 Å². The van der Waals surface area contributed by atoms with Gasteiger partial charge in [0.15, 0.2) is 0 Å². The number of hydrogen-bond donors (Lipinski definition) is 0. The molecule has 8 heteroatoms. The largest absolute Gasteiger partial charge is 0.396 e. The van der Waals surface area contributed by atoms with Crippen LogP contribution < -0.4 is 0 Å². The molecule has 1 saturated heterocycles. The molecule has 3 heterocycles. The Hall–Kier alpha value is -1.57. The molecule has 19 heavy (non-hydrogen) atoms. The number of likely N-dealkylation sites (tertiary alicyclic amines) is 1. The van der Waals surface area contributed by atoms with Crippen molar-refractivity contribution in [3.8, 4) is 0 Å². The van der Waals surface area contributed by atoms with E-state index in [1.54, 1.807) is 0 Å². The minimum atomic E-state index is 0.154. The molecule has 3 rings (SSSR count). The van der Waals surface area contributed by atoms with Crippen molar-refractivity contribution in [3.05, 3.63) is 6.33 Å². The van der Waals surface area contributed by atoms with Crippen LogP contribution in [-0.4, -0.2) is 49.5 Å². The van der Waals surface area contributed by atoms with Gasteiger partial charge in [0.2, 0.25) is 5.91 Å². The number of fused-ring (bicyclic) bond motifs is 1. The van der Waals surface area contributed by atoms with Gasteiger partial charge in [-0.15, -0.1) is 10.2 Å². The van der Waals surface area contributed by atoms with Gasteiger partial charge in [0, 0.05) is 13.1 Å². The average molecular weight is 281 g/mol. The standard InChI is InChI=1S/C11H15N5O2S/c17-9(15-5-3-1-2-4-6-15)7-19-11-14-16-8-12-13-10(16)18-11/h8H,1-7H2. The van der Waals surface area contributed by atoms with Crippen LogP contribution in [0.1, 0.15) is 25.7 Å². The maximum atomic E-state index is 12.1. The number of carbonyl (C=O) groups excluding carboxylic acids is 1. The molecule has 0 unspecified atom stereocenters. The predicted molar refractivity (Wildman–Crippen MR) is 68.8 cm³/mol. The van der Waals surface area contributed by atoms with E-state index in [0.29, 0.717) is 16.8 Å². The van der Waals surface area contributed by atoms with Crippen molar-refractivity contribution < 1.29 is 9.21 Å². The normalized spacial score (nSPS) is 16.7. The van der Waals surface area contributed by atoms with Gasteiger partial charge < -0.3 is 9.32 Å². The van der Waals surface area contributed by atoms with Crippen molar-refractivity contribution in [2.75, 3.05) is 18.8 Å². The van der Waals surface area contributed by atoms with E-state index in [4.69, 9.17) is 4.42 Å². The molecule has 2 aromatic heterocycles. The summed E-state index contributed by atoms with van der Waals surface area (Å²) in [6.07, 6.45) is 6.13. The van der Waals surface area contributed by atoms with Gasteiger partial charge in [-0.2, -0.15) is 4.52 Å². The molecule has 0 saturated carbocycles. The Morgan fingerprint density at radius 2 is 2.11 bits per heavy atom. The van der Waals surface area contributed by atoms with Gasteiger partial charge in [-0.1, -0.05) is 29.7 Å². The van der Waals surface area contributed by atoms with Crippen LogP contribution in [0.25, 0.3) is 5.84 Å². The minimum Gasteiger partial charge on any atom is -0.396 e. The molecule has 1 aliphatic rings. The predicted octanol–water partition coefficient (Wildman–Crippen LogP) is 1.21. The first-order valence-corrected chi connectivity index (χ1v) is 7.39. The molecule has 1 amide bonds. The number of rotatable bonds is 3. The summed E-state index contributed by atoms with van der Waals surface area (Å²) < 4.78 is 6.80. The minimum absolute atomic E-state index is 0.154. The Kier molecular flexibility index (Phi) is 3.67. The third-order valence-corrected chi connectivity index (χ3v) is 3.95. The van der Waals surface area contributed by atoms with Crippen LogP contribution >= 0.6 is 11.8 Å². The first kappa shape index (κ1) is 12.5. The monoisotopic (exact) mass is 281 g/mol. The van der Waals surface area contributed by atoms with E-state index < -0.39 is 0 Å². The van der Waals surface area contributed by atoms with E-state index in [-0.39, 0.29) is 5.91 Å². The number of hydrogen-bond acceptors (Lipinski definition) is 6. The van der Waals surface area contributed by atoms with Crippen molar-refractivity contribution in [1.82, 2.24) is 24.7 Å². The van der Waals surface area contributed by atoms with E-state index in [1.807, 2.05) is 4.90 Å². The Bertz CT molecular complexity index is 530. The Morgan fingerprint density at radius 1 is 1.32 bits per heavy atom. The fourth-order valence-electron chi connectivity index (χ4n) is 2.13. The summed E-state index contributed by atoms with van der Waals surface area (Å²) in [7, 11) is 0. The summed E-state index contributed by atoms with van der Waals surface area (Å²) in [5.74, 6) is 0.863. The zero-order valence-electron chi connectivity index (χ0n) is 10.5. The highest BCUT2D eigenvalue weighted by Gasteiger charge is 2.17. The van der Waals surface area contributed by atoms with Crippen LogP contribution in [0.3, 0.4) is 0 Å². The van der Waals surface area contributed by atoms with Crippen LogP contribution in [0, 0.1) is 0 Å². The summed E-state index contributed by atoms with van der Waals surface area (Å²) in [6.45, 7) is 1.75. The highest BCUT2D eigenvalue weighted by molar-refractivity contribution is 7.99. The molecule has 1 aliphatic heterocycles. The van der Waals surface area contributed by atoms with Gasteiger partial charge in [-0.3, -0.25) is 4.79 Å². The Labute approximate surface area is 114 Å². The van der Waals surface area contributed by atoms with Gasteiger partial charge in [-0.05, 0) is 12.8 Å². The summed E-state index contributed by atoms with van der Waals surface area (Å²) in [5, 5.41) is 12.0. The molecular formula is C11H15N5O2S. The third-order valence-electron chi connectivity index (χ3n) is 3.15. The van der Waals surface area contributed by atoms with Gasteiger partial charge in [-0.25, -0.2) is 0 Å². The van der Waals surface area contributed by atoms with Gasteiger partial charge in [0.05, 0.1) is 5.75 Å². The maximum absolute atomic E-state index is 12.1. The average Bonchev–Trinajstić information content (AvgIpc) is 2.87. The lowest BCUT2D eigenvalue weighted by atomic mass is 10.2. The Balaban J connectivity index is 1.56. The zero-order valence-corrected chi connectivity index (χ0v) is 11.3. The van der Waals surface area contributed by atoms with Crippen molar-refractivity contribution in [2.45, 2.75) is 30.9 Å². The number of amides is 1. The fraction of sp³-hybridized carbons (Fsp3) is 0.636. The van der Waals surface area contributed by atoms with Crippen molar-refractivity contribution in [2.24, 2.45) is 0 Å². The molecule has 7 nitrogen and oxygen atoms in total. The maximum Gasteiger partial charge on any atom is 0.345 e. The second-order valence-electron chi connectivity index (χ2n) is 4.51. The molecule has 0 spiro atoms. The van der Waals surface area contributed by atoms with Gasteiger partial charge >= 0.3 is 5.84 Å². The molecular weight excluding hydrogens is 266 g/mol. The van der Waals surface area contributed by atoms with Gasteiger partial charge in [0.1, 0.15) is 6.33 Å². The SMILES string of the molecule is O=C(CSc1nn2cnnc2o1)N1CCCCCC1. The molecule has 0 N–H and O–H groups in total. The van der Waals surface area contributed by atoms with Crippen LogP contribution in [0.2, 0.25) is 0 Å². The molecule has 0 aliphatic carbocycles. The van der Waals surface area contributed by atoms with E-state index >= 15 is 0 Å². The molecule has 1 fully saturated rings. The number of aromatic nitrogens is 4. The first-order chi connectivity index (χ1) is 9.33. The lowest BCUT2D eigenvalue weighted by Gasteiger charge is -2.19. The second kappa shape index (κ2) is 5.60. The quantitative estimate of drug-likeness (QED) is 0.787.